The number of nitrogen functional groups attached to an aromatic ring is 1. The zero-order valence-electron chi connectivity index (χ0n) is 9.44. The zero-order valence-corrected chi connectivity index (χ0v) is 10.2. The molecule has 0 aliphatic heterocycles. The van der Waals surface area contributed by atoms with Crippen molar-refractivity contribution in [2.75, 3.05) is 5.73 Å². The lowest BCUT2D eigenvalue weighted by Crippen LogP contribution is -2.01. The zero-order chi connectivity index (χ0) is 12.4. The number of rotatable bonds is 2. The van der Waals surface area contributed by atoms with Gasteiger partial charge in [-0.2, -0.15) is 4.98 Å². The molecular weight excluding hydrogens is 240 g/mol. The van der Waals surface area contributed by atoms with Gasteiger partial charge in [-0.05, 0) is 37.6 Å². The number of pyridine rings is 1. The smallest absolute Gasteiger partial charge is 0.247 e. The third-order valence-corrected chi connectivity index (χ3v) is 2.34. The summed E-state index contributed by atoms with van der Waals surface area (Å²) >= 11 is 5.74. The fourth-order valence-corrected chi connectivity index (χ4v) is 1.43. The SMILES string of the molecule is Cc1ccc(Oc2nc(Cl)nc(C)c2N)cn1. The average Bonchev–Trinajstić information content (AvgIpc) is 2.28. The first kappa shape index (κ1) is 11.6. The van der Waals surface area contributed by atoms with E-state index in [-0.39, 0.29) is 11.2 Å². The molecule has 0 radical (unpaired) electrons. The molecule has 0 unspecified atom stereocenters. The molecule has 2 N–H and O–H groups in total. The number of nitrogens with zero attached hydrogens (tertiary/aromatic N) is 3. The Morgan fingerprint density at radius 3 is 2.65 bits per heavy atom. The normalized spacial score (nSPS) is 10.3. The summed E-state index contributed by atoms with van der Waals surface area (Å²) in [6.45, 7) is 3.63. The second kappa shape index (κ2) is 4.55. The van der Waals surface area contributed by atoms with Gasteiger partial charge in [-0.15, -0.1) is 0 Å². The average molecular weight is 251 g/mol. The Kier molecular flexibility index (Phi) is 3.10. The van der Waals surface area contributed by atoms with Gasteiger partial charge in [0.2, 0.25) is 11.2 Å². The number of halogens is 1. The molecule has 88 valence electrons. The number of anilines is 1. The molecule has 0 atom stereocenters. The van der Waals surface area contributed by atoms with Gasteiger partial charge in [0.05, 0.1) is 11.9 Å². The number of hydrogen-bond acceptors (Lipinski definition) is 5. The van der Waals surface area contributed by atoms with Crippen LogP contribution in [0.2, 0.25) is 5.28 Å². The van der Waals surface area contributed by atoms with Crippen LogP contribution in [0.5, 0.6) is 11.6 Å². The maximum Gasteiger partial charge on any atom is 0.247 e. The van der Waals surface area contributed by atoms with Crippen molar-refractivity contribution in [1.82, 2.24) is 15.0 Å². The fourth-order valence-electron chi connectivity index (χ4n) is 1.23. The second-order valence-electron chi connectivity index (χ2n) is 3.53. The molecule has 0 aliphatic rings. The highest BCUT2D eigenvalue weighted by molar-refractivity contribution is 6.28. The van der Waals surface area contributed by atoms with E-state index in [2.05, 4.69) is 15.0 Å². The molecule has 0 saturated heterocycles. The van der Waals surface area contributed by atoms with Crippen LogP contribution >= 0.6 is 11.6 Å². The van der Waals surface area contributed by atoms with Crippen LogP contribution in [-0.4, -0.2) is 15.0 Å². The summed E-state index contributed by atoms with van der Waals surface area (Å²) in [5.41, 5.74) is 7.66. The number of nitrogens with two attached hydrogens (primary N) is 1. The van der Waals surface area contributed by atoms with Crippen molar-refractivity contribution in [3.63, 3.8) is 0 Å². The lowest BCUT2D eigenvalue weighted by molar-refractivity contribution is 0.461. The molecule has 2 heterocycles. The van der Waals surface area contributed by atoms with Crippen LogP contribution in [0, 0.1) is 13.8 Å². The van der Waals surface area contributed by atoms with E-state index in [9.17, 15) is 0 Å². The number of aromatic nitrogens is 3. The molecular formula is C11H11ClN4O. The summed E-state index contributed by atoms with van der Waals surface area (Å²) < 4.78 is 5.50. The van der Waals surface area contributed by atoms with Crippen LogP contribution in [0.1, 0.15) is 11.4 Å². The quantitative estimate of drug-likeness (QED) is 0.829. The minimum Gasteiger partial charge on any atom is -0.435 e. The monoisotopic (exact) mass is 250 g/mol. The maximum atomic E-state index is 5.80. The van der Waals surface area contributed by atoms with Gasteiger partial charge in [-0.3, -0.25) is 4.98 Å². The highest BCUT2D eigenvalue weighted by Gasteiger charge is 2.10. The Balaban J connectivity index is 2.32. The lowest BCUT2D eigenvalue weighted by Gasteiger charge is -2.08. The van der Waals surface area contributed by atoms with Gasteiger partial charge in [0.15, 0.2) is 0 Å². The summed E-state index contributed by atoms with van der Waals surface area (Å²) in [6, 6.07) is 3.62. The Labute approximate surface area is 104 Å². The summed E-state index contributed by atoms with van der Waals surface area (Å²) in [6.07, 6.45) is 1.60. The van der Waals surface area contributed by atoms with Crippen molar-refractivity contribution in [3.8, 4) is 11.6 Å². The van der Waals surface area contributed by atoms with Gasteiger partial charge in [0.25, 0.3) is 0 Å². The second-order valence-corrected chi connectivity index (χ2v) is 3.87. The Morgan fingerprint density at radius 1 is 1.24 bits per heavy atom. The first-order chi connectivity index (χ1) is 8.06. The summed E-state index contributed by atoms with van der Waals surface area (Å²) in [4.78, 5) is 12.0. The van der Waals surface area contributed by atoms with Gasteiger partial charge in [-0.25, -0.2) is 4.98 Å². The van der Waals surface area contributed by atoms with Crippen molar-refractivity contribution in [2.24, 2.45) is 0 Å². The molecule has 6 heteroatoms. The van der Waals surface area contributed by atoms with Crippen molar-refractivity contribution in [3.05, 3.63) is 35.0 Å². The van der Waals surface area contributed by atoms with Gasteiger partial charge >= 0.3 is 0 Å². The van der Waals surface area contributed by atoms with E-state index in [1.807, 2.05) is 13.0 Å². The van der Waals surface area contributed by atoms with Crippen molar-refractivity contribution < 1.29 is 4.74 Å². The van der Waals surface area contributed by atoms with Crippen LogP contribution in [0.25, 0.3) is 0 Å². The van der Waals surface area contributed by atoms with Crippen LogP contribution < -0.4 is 10.5 Å². The van der Waals surface area contributed by atoms with Crippen LogP contribution in [0.4, 0.5) is 5.69 Å². The van der Waals surface area contributed by atoms with Gasteiger partial charge in [-0.1, -0.05) is 0 Å². The third kappa shape index (κ3) is 2.62. The summed E-state index contributed by atoms with van der Waals surface area (Å²) in [5, 5.41) is 0.103. The lowest BCUT2D eigenvalue weighted by atomic mass is 10.3. The van der Waals surface area contributed by atoms with E-state index < -0.39 is 0 Å². The molecule has 0 aliphatic carbocycles. The van der Waals surface area contributed by atoms with E-state index in [0.717, 1.165) is 5.69 Å². The van der Waals surface area contributed by atoms with Crippen molar-refractivity contribution in [2.45, 2.75) is 13.8 Å². The molecule has 2 aromatic heterocycles. The molecule has 17 heavy (non-hydrogen) atoms. The minimum atomic E-state index is 0.103. The summed E-state index contributed by atoms with van der Waals surface area (Å²) in [5.74, 6) is 0.796. The van der Waals surface area contributed by atoms with Crippen molar-refractivity contribution in [1.29, 1.82) is 0 Å². The molecule has 0 fully saturated rings. The van der Waals surface area contributed by atoms with Crippen LogP contribution in [0.3, 0.4) is 0 Å². The van der Waals surface area contributed by atoms with Crippen LogP contribution in [-0.2, 0) is 0 Å². The first-order valence-corrected chi connectivity index (χ1v) is 5.34. The van der Waals surface area contributed by atoms with E-state index in [1.54, 1.807) is 19.2 Å². The van der Waals surface area contributed by atoms with E-state index in [0.29, 0.717) is 17.1 Å². The van der Waals surface area contributed by atoms with E-state index in [1.165, 1.54) is 0 Å². The first-order valence-electron chi connectivity index (χ1n) is 4.96. The highest BCUT2D eigenvalue weighted by atomic mass is 35.5. The van der Waals surface area contributed by atoms with Crippen molar-refractivity contribution >= 4 is 17.3 Å². The molecule has 0 amide bonds. The fraction of sp³-hybridized carbons (Fsp3) is 0.182. The molecule has 0 aromatic carbocycles. The molecule has 0 spiro atoms. The molecule has 0 saturated carbocycles. The van der Waals surface area contributed by atoms with Gasteiger partial charge in [0.1, 0.15) is 11.4 Å². The van der Waals surface area contributed by atoms with Gasteiger partial charge in [0, 0.05) is 5.69 Å². The standard InChI is InChI=1S/C11H11ClN4O/c1-6-3-4-8(5-14-6)17-10-9(13)7(2)15-11(12)16-10/h3-5H,13H2,1-2H3. The number of ether oxygens (including phenoxy) is 1. The third-order valence-electron chi connectivity index (χ3n) is 2.17. The Bertz CT molecular complexity index is 542. The molecule has 2 rings (SSSR count). The Hall–Kier alpha value is -1.88. The highest BCUT2D eigenvalue weighted by Crippen LogP contribution is 2.27. The largest absolute Gasteiger partial charge is 0.435 e. The van der Waals surface area contributed by atoms with Crippen LogP contribution in [0.15, 0.2) is 18.3 Å². The maximum absolute atomic E-state index is 5.80. The number of hydrogen-bond donors (Lipinski definition) is 1. The molecule has 5 nitrogen and oxygen atoms in total. The van der Waals surface area contributed by atoms with E-state index in [4.69, 9.17) is 22.1 Å². The minimum absolute atomic E-state index is 0.103. The predicted molar refractivity (Wildman–Crippen MR) is 65.2 cm³/mol. The molecule has 0 bridgehead atoms. The Morgan fingerprint density at radius 2 is 2.00 bits per heavy atom. The summed E-state index contributed by atoms with van der Waals surface area (Å²) in [7, 11) is 0. The topological polar surface area (TPSA) is 73.9 Å². The molecule has 2 aromatic rings. The van der Waals surface area contributed by atoms with Gasteiger partial charge < -0.3 is 10.5 Å². The number of aryl methyl sites for hydroxylation is 2. The van der Waals surface area contributed by atoms with E-state index >= 15 is 0 Å². The predicted octanol–water partition coefficient (Wildman–Crippen LogP) is 2.52.